The summed E-state index contributed by atoms with van der Waals surface area (Å²) in [5.41, 5.74) is 23.2. The molecule has 10 rings (SSSR count). The molecule has 0 radical (unpaired) electrons. The summed E-state index contributed by atoms with van der Waals surface area (Å²) in [5.74, 6) is 0. The lowest BCUT2D eigenvalue weighted by atomic mass is 10.0. The fraction of sp³-hybridized carbons (Fsp3) is 0.276. The molecule has 0 aliphatic heterocycles. The Morgan fingerprint density at radius 2 is 0.519 bits per heavy atom. The molecule has 0 amide bonds. The van der Waals surface area contributed by atoms with Crippen molar-refractivity contribution >= 4 is 0 Å². The van der Waals surface area contributed by atoms with Crippen LogP contribution in [-0.4, -0.2) is 0 Å². The van der Waals surface area contributed by atoms with E-state index in [1.165, 1.54) is 44.6 Å². The van der Waals surface area contributed by atoms with E-state index in [1.54, 1.807) is 110 Å². The van der Waals surface area contributed by atoms with Gasteiger partial charge in [-0.1, -0.05) is 89.5 Å². The van der Waals surface area contributed by atoms with Gasteiger partial charge in [-0.3, -0.25) is 0 Å². The van der Waals surface area contributed by atoms with Gasteiger partial charge in [-0.05, 0) is 197 Å². The third-order valence-corrected chi connectivity index (χ3v) is 14.5. The normalized spacial score (nSPS) is 14.8. The fourth-order valence-corrected chi connectivity index (χ4v) is 9.68. The van der Waals surface area contributed by atoms with Gasteiger partial charge in [0, 0.05) is 111 Å². The molecule has 0 N–H and O–H groups in total. The number of nitrogens with zero attached hydrogens (tertiary/aromatic N) is 5. The molecule has 81 heavy (non-hydrogen) atoms. The van der Waals surface area contributed by atoms with Crippen LogP contribution in [0.2, 0.25) is 0 Å². The molecule has 0 atom stereocenters. The van der Waals surface area contributed by atoms with E-state index >= 15 is 0 Å². The van der Waals surface area contributed by atoms with Gasteiger partial charge < -0.3 is 0 Å². The van der Waals surface area contributed by atoms with Gasteiger partial charge in [0.15, 0.2) is 31.0 Å². The Bertz CT molecular complexity index is 4470. The quantitative estimate of drug-likeness (QED) is 0.153. The Morgan fingerprint density at radius 3 is 0.877 bits per heavy atom. The van der Waals surface area contributed by atoms with E-state index in [0.717, 1.165) is 61.7 Å². The second-order valence-corrected chi connectivity index (χ2v) is 21.2. The molecule has 10 aromatic rings. The summed E-state index contributed by atoms with van der Waals surface area (Å²) < 4.78 is 144. The Labute approximate surface area is 513 Å². The predicted molar refractivity (Wildman–Crippen MR) is 341 cm³/mol. The highest BCUT2D eigenvalue weighted by Gasteiger charge is 2.18. The maximum absolute atomic E-state index is 7.58. The van der Waals surface area contributed by atoms with E-state index in [-0.39, 0.29) is 5.56 Å². The molecule has 0 aliphatic rings. The van der Waals surface area contributed by atoms with Crippen molar-refractivity contribution in [1.82, 2.24) is 0 Å². The average molecular weight is 1090 g/mol. The first-order valence-corrected chi connectivity index (χ1v) is 27.0. The van der Waals surface area contributed by atoms with Gasteiger partial charge in [-0.15, -0.1) is 0 Å². The largest absolute Gasteiger partial charge is 0.212 e. The predicted octanol–water partition coefficient (Wildman–Crippen LogP) is 15.8. The standard InChI is InChI=1S/2C16H20N.2C15H18N.C14H16N/c2*1-11-6-7-15(13(3)8-11)16-9-12(2)14(4)10-17(16)5;1-11-5-7-14(13(3)9-11)15-8-6-12(2)10-16(15)4;1-11-7-5-6-8-14(11)15-9-12(2)13(3)10-16(15)4;1-11-8-9-14(15(3)10-11)13-7-5-4-6-12(13)2/h2*6-10H,1-5H3;2*5-10H,1-4H3;4-10H,1-3H3/q5*+1/i1D3,4D3;;1D3,2D3;3D3;1D3. The number of benzene rings is 5. The Balaban J connectivity index is 0.000000196. The first-order chi connectivity index (χ1) is 45.6. The number of hydrogen-bond acceptors (Lipinski definition) is 0. The molecule has 0 saturated heterocycles. The summed E-state index contributed by atoms with van der Waals surface area (Å²) in [6.07, 6.45) is 8.79. The molecule has 5 heteroatoms. The van der Waals surface area contributed by atoms with E-state index in [9.17, 15) is 0 Å². The minimum atomic E-state index is -2.15. The van der Waals surface area contributed by atoms with Gasteiger partial charge in [0.25, 0.3) is 0 Å². The zero-order valence-corrected chi connectivity index (χ0v) is 50.0. The van der Waals surface area contributed by atoms with Crippen LogP contribution in [0, 0.1) is 110 Å². The molecule has 0 unspecified atom stereocenters. The Kier molecular flexibility index (Phi) is 14.1. The minimum Gasteiger partial charge on any atom is -0.201 e. The van der Waals surface area contributed by atoms with Gasteiger partial charge in [0.1, 0.15) is 35.2 Å². The highest BCUT2D eigenvalue weighted by atomic mass is 14.9. The maximum Gasteiger partial charge on any atom is 0.212 e. The van der Waals surface area contributed by atoms with Crippen molar-refractivity contribution in [3.05, 3.63) is 266 Å². The molecule has 5 nitrogen and oxygen atoms in total. The number of aromatic nitrogens is 5. The number of hydrogen-bond donors (Lipinski definition) is 0. The number of aryl methyl sites for hydroxylation is 21. The highest BCUT2D eigenvalue weighted by molar-refractivity contribution is 5.65. The van der Waals surface area contributed by atoms with Crippen molar-refractivity contribution in [2.75, 3.05) is 0 Å². The van der Waals surface area contributed by atoms with Gasteiger partial charge in [-0.2, -0.15) is 0 Å². The molecule has 5 aromatic carbocycles. The summed E-state index contributed by atoms with van der Waals surface area (Å²) in [6.45, 7) is 7.41. The maximum atomic E-state index is 7.58. The van der Waals surface area contributed by atoms with E-state index in [1.807, 2.05) is 106 Å². The number of pyridine rings is 5. The fourth-order valence-electron chi connectivity index (χ4n) is 9.68. The topological polar surface area (TPSA) is 19.4 Å². The zero-order chi connectivity index (χ0) is 74.4. The van der Waals surface area contributed by atoms with Crippen molar-refractivity contribution in [2.24, 2.45) is 35.2 Å². The van der Waals surface area contributed by atoms with Crippen LogP contribution in [0.15, 0.2) is 177 Å². The zero-order valence-electron chi connectivity index (χ0n) is 68.0. The SMILES string of the molecule is Cc1ccc(-c2cc(C)c(C)c[n+]2C)c(C)c1.[2H]C([2H])([2H])c1c[n+](C)c(-c2ccccc2C)cc1C.[2H]C([2H])([2H])c1ccc(-c2cc(C)c(C([2H])([2H])[2H])c[n+]2C)c(C)c1.[2H]C([2H])([2H])c1ccc(-c2ccc(C([2H])([2H])[2H])c[n+]2C)c(C)c1.[2H]C([2H])([2H])c1ccc(-c2ccccc2C)[n+](C)c1. The highest BCUT2D eigenvalue weighted by Crippen LogP contribution is 2.26. The van der Waals surface area contributed by atoms with Crippen molar-refractivity contribution in [1.29, 1.82) is 0 Å². The Hall–Kier alpha value is -8.15. The summed E-state index contributed by atoms with van der Waals surface area (Å²) in [6, 6.07) is 45.8. The molecule has 5 aromatic heterocycles. The van der Waals surface area contributed by atoms with Crippen molar-refractivity contribution in [3.63, 3.8) is 0 Å². The van der Waals surface area contributed by atoms with Crippen LogP contribution in [0.3, 0.4) is 0 Å². The molecule has 0 aliphatic carbocycles. The van der Waals surface area contributed by atoms with Gasteiger partial charge >= 0.3 is 0 Å². The van der Waals surface area contributed by atoms with Crippen LogP contribution in [0.5, 0.6) is 0 Å². The van der Waals surface area contributed by atoms with Crippen molar-refractivity contribution in [2.45, 2.75) is 110 Å². The molecule has 0 saturated carbocycles. The van der Waals surface area contributed by atoms with E-state index in [4.69, 9.17) is 24.7 Å². The minimum absolute atomic E-state index is 0.274. The second kappa shape index (κ2) is 27.8. The summed E-state index contributed by atoms with van der Waals surface area (Å²) >= 11 is 0. The molecular formula is C76H92N5+5. The van der Waals surface area contributed by atoms with Crippen LogP contribution < -0.4 is 22.8 Å². The first-order valence-electron chi connectivity index (χ1n) is 36.0. The van der Waals surface area contributed by atoms with E-state index < -0.39 is 41.1 Å². The molecule has 0 bridgehead atoms. The molecular weight excluding hydrogens is 983 g/mol. The second-order valence-electron chi connectivity index (χ2n) is 21.2. The van der Waals surface area contributed by atoms with Crippen molar-refractivity contribution in [3.8, 4) is 56.3 Å². The van der Waals surface area contributed by atoms with Crippen LogP contribution in [0.4, 0.5) is 0 Å². The smallest absolute Gasteiger partial charge is 0.201 e. The molecule has 5 heterocycles. The van der Waals surface area contributed by atoms with Crippen molar-refractivity contribution < 1.29 is 47.5 Å². The summed E-state index contributed by atoms with van der Waals surface area (Å²) in [5, 5.41) is 0. The third kappa shape index (κ3) is 16.3. The monoisotopic (exact) mass is 1090 g/mol. The molecule has 0 spiro atoms. The van der Waals surface area contributed by atoms with E-state index in [2.05, 4.69) is 88.8 Å². The lowest BCUT2D eigenvalue weighted by molar-refractivity contribution is -0.660. The van der Waals surface area contributed by atoms with Gasteiger partial charge in [0.05, 0.1) is 0 Å². The first kappa shape index (κ1) is 40.9. The van der Waals surface area contributed by atoms with Crippen LogP contribution in [-0.2, 0) is 35.2 Å². The van der Waals surface area contributed by atoms with Gasteiger partial charge in [-0.25, -0.2) is 22.8 Å². The number of rotatable bonds is 5. The summed E-state index contributed by atoms with van der Waals surface area (Å²) in [7, 11) is 9.44. The molecule has 416 valence electrons. The van der Waals surface area contributed by atoms with Gasteiger partial charge in [0.2, 0.25) is 28.5 Å². The third-order valence-electron chi connectivity index (χ3n) is 14.5. The van der Waals surface area contributed by atoms with Crippen LogP contribution in [0.25, 0.3) is 56.3 Å². The average Bonchev–Trinajstić information content (AvgIpc) is 0.803. The summed E-state index contributed by atoms with van der Waals surface area (Å²) in [4.78, 5) is 0. The Morgan fingerprint density at radius 1 is 0.222 bits per heavy atom. The van der Waals surface area contributed by atoms with E-state index in [0.29, 0.717) is 33.4 Å². The molecule has 0 fully saturated rings. The van der Waals surface area contributed by atoms with Crippen LogP contribution in [0.1, 0.15) is 114 Å². The van der Waals surface area contributed by atoms with Crippen LogP contribution >= 0.6 is 0 Å². The lowest BCUT2D eigenvalue weighted by Crippen LogP contribution is -2.31. The lowest BCUT2D eigenvalue weighted by Gasteiger charge is -2.07.